The Hall–Kier alpha value is -1.60. The Bertz CT molecular complexity index is 323. The number of hydrogen-bond acceptors (Lipinski definition) is 3. The van der Waals surface area contributed by atoms with E-state index in [1.165, 1.54) is 18.2 Å². The average molecular weight is 189 g/mol. The van der Waals surface area contributed by atoms with Gasteiger partial charge in [0, 0.05) is 0 Å². The quantitative estimate of drug-likeness (QED) is 0.435. The van der Waals surface area contributed by atoms with Crippen molar-refractivity contribution in [2.45, 2.75) is 0 Å². The molecule has 1 aromatic carbocycles. The molecule has 0 heterocycles. The van der Waals surface area contributed by atoms with E-state index < -0.39 is 5.97 Å². The van der Waals surface area contributed by atoms with Gasteiger partial charge in [-0.1, -0.05) is 24.8 Å². The molecule has 14 heavy (non-hydrogen) atoms. The van der Waals surface area contributed by atoms with E-state index in [1.807, 2.05) is 0 Å². The van der Waals surface area contributed by atoms with Crippen LogP contribution in [0.25, 0.3) is 0 Å². The van der Waals surface area contributed by atoms with Crippen molar-refractivity contribution in [2.24, 2.45) is 0 Å². The van der Waals surface area contributed by atoms with Crippen molar-refractivity contribution in [2.75, 3.05) is 6.61 Å². The number of para-hydroxylation sites is 1. The maximum atomic E-state index is 11.2. The van der Waals surface area contributed by atoms with Crippen molar-refractivity contribution in [1.82, 2.24) is 0 Å². The second kappa shape index (κ2) is 5.95. The molecule has 4 heteroatoms. The van der Waals surface area contributed by atoms with Crippen LogP contribution in [0.3, 0.4) is 0 Å². The number of aromatic hydroxyl groups is 1. The average Bonchev–Trinajstić information content (AvgIpc) is 2.15. The molecule has 0 aliphatic carbocycles. The van der Waals surface area contributed by atoms with Crippen molar-refractivity contribution in [1.29, 1.82) is 0 Å². The first-order chi connectivity index (χ1) is 6.25. The number of carbonyl (C=O) groups is 1. The van der Waals surface area contributed by atoms with Gasteiger partial charge in [0.05, 0.1) is 0 Å². The number of carbonyl (C=O) groups excluding carboxylic acids is 1. The SMILES string of the molecule is C=CCOC(=O)c1ccccc1O.[BeH2]. The number of phenols is 1. The summed E-state index contributed by atoms with van der Waals surface area (Å²) in [5.41, 5.74) is 0.171. The molecule has 0 bridgehead atoms. The molecular weight excluding hydrogens is 177 g/mol. The van der Waals surface area contributed by atoms with Crippen molar-refractivity contribution in [3.8, 4) is 5.75 Å². The Balaban J connectivity index is 0.00000169. The summed E-state index contributed by atoms with van der Waals surface area (Å²) in [5, 5.41) is 9.25. The van der Waals surface area contributed by atoms with Gasteiger partial charge in [-0.3, -0.25) is 0 Å². The number of rotatable bonds is 3. The van der Waals surface area contributed by atoms with Gasteiger partial charge in [0.25, 0.3) is 0 Å². The van der Waals surface area contributed by atoms with Gasteiger partial charge >= 0.3 is 16.1 Å². The minimum atomic E-state index is -0.544. The fourth-order valence-electron chi connectivity index (χ4n) is 0.859. The van der Waals surface area contributed by atoms with Gasteiger partial charge < -0.3 is 9.84 Å². The normalized spacial score (nSPS) is 8.57. The summed E-state index contributed by atoms with van der Waals surface area (Å²) < 4.78 is 4.74. The first-order valence-corrected chi connectivity index (χ1v) is 3.81. The summed E-state index contributed by atoms with van der Waals surface area (Å²) in [7, 11) is 0. The predicted molar refractivity (Wildman–Crippen MR) is 57.1 cm³/mol. The topological polar surface area (TPSA) is 46.5 Å². The van der Waals surface area contributed by atoms with Crippen LogP contribution in [-0.4, -0.2) is 27.8 Å². The third kappa shape index (κ3) is 3.03. The van der Waals surface area contributed by atoms with Crippen LogP contribution in [0.5, 0.6) is 5.75 Å². The number of benzene rings is 1. The standard InChI is InChI=1S/C10H10O3.Be.2H/c1-2-7-13-10(12)8-5-3-4-6-9(8)11;;;/h2-6,11H,1,7H2;;;. The molecule has 0 radical (unpaired) electrons. The molecule has 1 rings (SSSR count). The van der Waals surface area contributed by atoms with Crippen molar-refractivity contribution >= 4 is 16.1 Å². The van der Waals surface area contributed by atoms with E-state index in [-0.39, 0.29) is 28.0 Å². The molecule has 0 saturated carbocycles. The molecule has 0 aliphatic rings. The summed E-state index contributed by atoms with van der Waals surface area (Å²) in [5.74, 6) is -0.616. The number of ether oxygens (including phenoxy) is 1. The van der Waals surface area contributed by atoms with Crippen LogP contribution in [0.1, 0.15) is 10.4 Å². The van der Waals surface area contributed by atoms with Gasteiger partial charge in [0.1, 0.15) is 17.9 Å². The van der Waals surface area contributed by atoms with Gasteiger partial charge in [-0.15, -0.1) is 0 Å². The van der Waals surface area contributed by atoms with Crippen molar-refractivity contribution < 1.29 is 14.6 Å². The van der Waals surface area contributed by atoms with Crippen LogP contribution in [0.2, 0.25) is 0 Å². The summed E-state index contributed by atoms with van der Waals surface area (Å²) in [6.45, 7) is 3.56. The van der Waals surface area contributed by atoms with Crippen LogP contribution >= 0.6 is 0 Å². The Morgan fingerprint density at radius 2 is 2.14 bits per heavy atom. The molecule has 0 unspecified atom stereocenters. The van der Waals surface area contributed by atoms with E-state index >= 15 is 0 Å². The zero-order valence-corrected chi connectivity index (χ0v) is 7.06. The molecule has 0 fully saturated rings. The summed E-state index contributed by atoms with van der Waals surface area (Å²) in [6.07, 6.45) is 1.47. The molecule has 0 aliphatic heterocycles. The molecule has 0 amide bonds. The van der Waals surface area contributed by atoms with Gasteiger partial charge in [0.2, 0.25) is 0 Å². The molecule has 0 spiro atoms. The molecule has 1 aromatic rings. The summed E-state index contributed by atoms with van der Waals surface area (Å²) in [4.78, 5) is 11.2. The van der Waals surface area contributed by atoms with Crippen molar-refractivity contribution in [3.63, 3.8) is 0 Å². The van der Waals surface area contributed by atoms with Crippen LogP contribution in [0.4, 0.5) is 0 Å². The summed E-state index contributed by atoms with van der Waals surface area (Å²) >= 11 is 0. The second-order valence-corrected chi connectivity index (χ2v) is 2.40. The number of hydrogen-bond donors (Lipinski definition) is 1. The second-order valence-electron chi connectivity index (χ2n) is 2.40. The molecule has 72 valence electrons. The zero-order valence-electron chi connectivity index (χ0n) is 7.06. The van der Waals surface area contributed by atoms with E-state index in [1.54, 1.807) is 12.1 Å². The van der Waals surface area contributed by atoms with Gasteiger partial charge in [-0.25, -0.2) is 4.79 Å². The third-order valence-corrected chi connectivity index (χ3v) is 1.46. The van der Waals surface area contributed by atoms with Crippen LogP contribution < -0.4 is 0 Å². The van der Waals surface area contributed by atoms with Gasteiger partial charge in [-0.2, -0.15) is 0 Å². The fraction of sp³-hybridized carbons (Fsp3) is 0.100. The summed E-state index contributed by atoms with van der Waals surface area (Å²) in [6, 6.07) is 6.23. The van der Waals surface area contributed by atoms with E-state index in [4.69, 9.17) is 4.74 Å². The molecule has 0 saturated heterocycles. The Morgan fingerprint density at radius 1 is 1.50 bits per heavy atom. The Morgan fingerprint density at radius 3 is 2.71 bits per heavy atom. The van der Waals surface area contributed by atoms with Crippen LogP contribution in [0.15, 0.2) is 36.9 Å². The zero-order chi connectivity index (χ0) is 9.68. The monoisotopic (exact) mass is 189 g/mol. The van der Waals surface area contributed by atoms with Gasteiger partial charge in [0.15, 0.2) is 0 Å². The maximum absolute atomic E-state index is 11.2. The van der Waals surface area contributed by atoms with E-state index in [9.17, 15) is 9.90 Å². The Labute approximate surface area is 86.2 Å². The van der Waals surface area contributed by atoms with E-state index in [0.717, 1.165) is 0 Å². The molecule has 0 atom stereocenters. The first kappa shape index (κ1) is 12.4. The molecule has 3 nitrogen and oxygen atoms in total. The van der Waals surface area contributed by atoms with Crippen LogP contribution in [0, 0.1) is 0 Å². The molecular formula is C10H12BeO3. The molecule has 1 N–H and O–H groups in total. The van der Waals surface area contributed by atoms with E-state index in [2.05, 4.69) is 6.58 Å². The minimum absolute atomic E-state index is 0. The number of esters is 1. The Kier molecular flexibility index (Phi) is 5.27. The van der Waals surface area contributed by atoms with Gasteiger partial charge in [-0.05, 0) is 12.1 Å². The fourth-order valence-corrected chi connectivity index (χ4v) is 0.859. The predicted octanol–water partition coefficient (Wildman–Crippen LogP) is 0.819. The van der Waals surface area contributed by atoms with Crippen LogP contribution in [-0.2, 0) is 4.74 Å². The molecule has 0 aromatic heterocycles. The van der Waals surface area contributed by atoms with Crippen molar-refractivity contribution in [3.05, 3.63) is 42.5 Å². The first-order valence-electron chi connectivity index (χ1n) is 3.81. The van der Waals surface area contributed by atoms with E-state index in [0.29, 0.717) is 0 Å². The third-order valence-electron chi connectivity index (χ3n) is 1.46. The number of phenolic OH excluding ortho intramolecular Hbond substituents is 1.